The van der Waals surface area contributed by atoms with Gasteiger partial charge in [0.05, 0.1) is 35.6 Å². The predicted molar refractivity (Wildman–Crippen MR) is 265 cm³/mol. The normalized spacial score (nSPS) is 17.9. The van der Waals surface area contributed by atoms with Crippen molar-refractivity contribution in [2.75, 3.05) is 77.0 Å². The number of hydrogen-bond donors (Lipinski definition) is 2. The molecular formula is C53H61FN12O6. The minimum absolute atomic E-state index is 0.0233. The molecule has 5 aromatic rings. The molecule has 1 aromatic carbocycles. The van der Waals surface area contributed by atoms with E-state index in [4.69, 9.17) is 9.72 Å². The van der Waals surface area contributed by atoms with Crippen LogP contribution < -0.4 is 20.3 Å². The lowest BCUT2D eigenvalue weighted by atomic mass is 9.86. The van der Waals surface area contributed by atoms with E-state index in [1.54, 1.807) is 21.8 Å². The van der Waals surface area contributed by atoms with Crippen LogP contribution in [-0.2, 0) is 20.9 Å². The lowest BCUT2D eigenvalue weighted by Crippen LogP contribution is -2.63. The second-order valence-corrected chi connectivity index (χ2v) is 19.4. The third-order valence-electron chi connectivity index (χ3n) is 14.9. The summed E-state index contributed by atoms with van der Waals surface area (Å²) in [6.45, 7) is 11.3. The molecular weight excluding hydrogens is 920 g/mol. The maximum absolute atomic E-state index is 14.9. The van der Waals surface area contributed by atoms with E-state index in [0.29, 0.717) is 120 Å². The zero-order valence-corrected chi connectivity index (χ0v) is 40.9. The van der Waals surface area contributed by atoms with E-state index >= 15 is 0 Å². The first-order chi connectivity index (χ1) is 34.9. The number of piperidine rings is 2. The first-order valence-electron chi connectivity index (χ1n) is 25.0. The summed E-state index contributed by atoms with van der Waals surface area (Å²) in [6.07, 6.45) is 11.0. The Morgan fingerprint density at radius 3 is 2.46 bits per heavy atom. The molecule has 18 nitrogen and oxygen atoms in total. The van der Waals surface area contributed by atoms with E-state index in [2.05, 4.69) is 53.6 Å². The van der Waals surface area contributed by atoms with Crippen LogP contribution in [0, 0.1) is 17.1 Å². The third-order valence-corrected chi connectivity index (χ3v) is 14.9. The highest BCUT2D eigenvalue weighted by Gasteiger charge is 2.40. The third kappa shape index (κ3) is 10.9. The zero-order valence-electron chi connectivity index (χ0n) is 40.9. The molecule has 1 unspecified atom stereocenters. The molecule has 0 bridgehead atoms. The number of nitriles is 1. The Morgan fingerprint density at radius 2 is 1.75 bits per heavy atom. The number of aromatic nitrogens is 4. The number of carbonyl (C=O) groups is 5. The summed E-state index contributed by atoms with van der Waals surface area (Å²) in [4.78, 5) is 82.6. The molecule has 2 N–H and O–H groups in total. The van der Waals surface area contributed by atoms with Gasteiger partial charge in [0, 0.05) is 107 Å². The van der Waals surface area contributed by atoms with Gasteiger partial charge in [0.2, 0.25) is 18.2 Å². The number of carbonyl (C=O) groups excluding carboxylic acids is 5. The summed E-state index contributed by atoms with van der Waals surface area (Å²) in [6, 6.07) is 16.9. The number of nitrogens with one attached hydrogen (secondary N) is 2. The summed E-state index contributed by atoms with van der Waals surface area (Å²) in [5.41, 5.74) is 4.64. The number of imide groups is 1. The van der Waals surface area contributed by atoms with Gasteiger partial charge in [-0.05, 0) is 112 Å². The van der Waals surface area contributed by atoms with Crippen LogP contribution in [0.2, 0.25) is 0 Å². The van der Waals surface area contributed by atoms with Gasteiger partial charge >= 0.3 is 0 Å². The number of halogens is 1. The Hall–Kier alpha value is -7.30. The lowest BCUT2D eigenvalue weighted by Gasteiger charge is -2.46. The van der Waals surface area contributed by atoms with Crippen LogP contribution in [0.1, 0.15) is 102 Å². The average molecular weight is 981 g/mol. The van der Waals surface area contributed by atoms with E-state index in [1.807, 2.05) is 43.0 Å². The number of rotatable bonds is 17. The highest BCUT2D eigenvalue weighted by atomic mass is 19.1. The number of fused-ring (bicyclic) bond motifs is 2. The summed E-state index contributed by atoms with van der Waals surface area (Å²) in [7, 11) is 0. The van der Waals surface area contributed by atoms with E-state index < -0.39 is 17.3 Å². The van der Waals surface area contributed by atoms with Gasteiger partial charge in [0.1, 0.15) is 17.6 Å². The van der Waals surface area contributed by atoms with E-state index in [-0.39, 0.29) is 35.9 Å². The number of hydrogen-bond acceptors (Lipinski definition) is 13. The molecule has 9 rings (SSSR count). The quantitative estimate of drug-likeness (QED) is 0.121. The summed E-state index contributed by atoms with van der Waals surface area (Å²) in [5.74, 6) is 0.226. The van der Waals surface area contributed by atoms with E-state index in [0.717, 1.165) is 59.6 Å². The molecule has 72 heavy (non-hydrogen) atoms. The fourth-order valence-corrected chi connectivity index (χ4v) is 10.8. The van der Waals surface area contributed by atoms with E-state index in [9.17, 15) is 33.6 Å². The molecule has 0 saturated carbocycles. The molecule has 4 aromatic heterocycles. The number of anilines is 1. The lowest BCUT2D eigenvalue weighted by molar-refractivity contribution is -0.133. The van der Waals surface area contributed by atoms with Gasteiger partial charge in [0.25, 0.3) is 11.8 Å². The smallest absolute Gasteiger partial charge is 0.273 e. The largest absolute Gasteiger partial charge is 0.492 e. The van der Waals surface area contributed by atoms with Gasteiger partial charge in [0.15, 0.2) is 11.5 Å². The van der Waals surface area contributed by atoms with Crippen molar-refractivity contribution >= 4 is 41.4 Å². The van der Waals surface area contributed by atoms with Crippen molar-refractivity contribution in [2.45, 2.75) is 82.8 Å². The highest BCUT2D eigenvalue weighted by Crippen LogP contribution is 2.35. The Morgan fingerprint density at radius 1 is 0.958 bits per heavy atom. The Labute approximate surface area is 418 Å². The molecule has 8 heterocycles. The fourth-order valence-electron chi connectivity index (χ4n) is 10.8. The van der Waals surface area contributed by atoms with Gasteiger partial charge in [-0.3, -0.25) is 34.2 Å². The molecule has 5 amide bonds. The standard InChI is InChI=1S/C53H61FN12O6/c1-3-72-42-28-43(50-41(29-55)31-59-66(50)33-42)39-9-10-46(57-30-39)63-21-15-53(16-22-63,60-51(70)49-45(54)5-4-17-56-49)34-62-23-25-64(26-24-62)48(69)14-20-61-18-12-37(13-19-61)38-7-8-40-32-65(52(71)44(40)27-38)36(2)6-11-47(68)58-35-67/h4-5,7-10,17,27-28,30-31,33,35-37H,3,6,11-16,18-26,32,34H2,1-2H3,(H,60,70)(H,58,67,68). The first kappa shape index (κ1) is 49.7. The van der Waals surface area contributed by atoms with Crippen molar-refractivity contribution < 1.29 is 33.1 Å². The topological polar surface area (TPSA) is 202 Å². The highest BCUT2D eigenvalue weighted by molar-refractivity contribution is 5.99. The molecule has 1 atom stereocenters. The van der Waals surface area contributed by atoms with Crippen molar-refractivity contribution in [2.24, 2.45) is 0 Å². The Balaban J connectivity index is 0.767. The zero-order chi connectivity index (χ0) is 50.4. The number of likely N-dealkylation sites (tertiary alicyclic amines) is 1. The van der Waals surface area contributed by atoms with Crippen molar-refractivity contribution in [3.63, 3.8) is 0 Å². The monoisotopic (exact) mass is 980 g/mol. The maximum atomic E-state index is 14.9. The number of benzene rings is 1. The van der Waals surface area contributed by atoms with Crippen LogP contribution in [0.15, 0.2) is 73.3 Å². The van der Waals surface area contributed by atoms with Crippen LogP contribution in [0.4, 0.5) is 10.2 Å². The van der Waals surface area contributed by atoms with Crippen molar-refractivity contribution in [1.29, 1.82) is 5.26 Å². The average Bonchev–Trinajstić information content (AvgIpc) is 3.98. The van der Waals surface area contributed by atoms with Gasteiger partial charge in [-0.15, -0.1) is 0 Å². The SMILES string of the molecule is CCOc1cc(-c2ccc(N3CCC(CN4CCN(C(=O)CCN5CCC(c6ccc7c(c6)C(=O)N(C(C)CCC(=O)NC=O)C7)CC5)CC4)(NC(=O)c4ncccc4F)CC3)nc2)c2c(C#N)cnn2c1. The van der Waals surface area contributed by atoms with Crippen molar-refractivity contribution in [3.8, 4) is 22.9 Å². The summed E-state index contributed by atoms with van der Waals surface area (Å²) >= 11 is 0. The summed E-state index contributed by atoms with van der Waals surface area (Å²) < 4.78 is 22.3. The van der Waals surface area contributed by atoms with Crippen LogP contribution in [0.25, 0.3) is 16.6 Å². The van der Waals surface area contributed by atoms with Gasteiger partial charge in [-0.2, -0.15) is 10.4 Å². The summed E-state index contributed by atoms with van der Waals surface area (Å²) in [5, 5.41) is 19.5. The number of ether oxygens (including phenoxy) is 1. The molecule has 3 fully saturated rings. The number of nitrogens with zero attached hydrogens (tertiary/aromatic N) is 10. The molecule has 3 saturated heterocycles. The molecule has 376 valence electrons. The Bertz CT molecular complexity index is 2840. The van der Waals surface area contributed by atoms with Crippen LogP contribution >= 0.6 is 0 Å². The van der Waals surface area contributed by atoms with Crippen LogP contribution in [0.3, 0.4) is 0 Å². The van der Waals surface area contributed by atoms with Crippen LogP contribution in [0.5, 0.6) is 5.75 Å². The van der Waals surface area contributed by atoms with Gasteiger partial charge < -0.3 is 29.7 Å². The number of piperazine rings is 1. The minimum Gasteiger partial charge on any atom is -0.492 e. The molecule has 0 radical (unpaired) electrons. The minimum atomic E-state index is -0.690. The van der Waals surface area contributed by atoms with Gasteiger partial charge in [-0.25, -0.2) is 18.9 Å². The molecule has 4 aliphatic heterocycles. The molecule has 4 aliphatic rings. The second-order valence-electron chi connectivity index (χ2n) is 19.4. The predicted octanol–water partition coefficient (Wildman–Crippen LogP) is 4.78. The van der Waals surface area contributed by atoms with Crippen LogP contribution in [-0.4, -0.2) is 153 Å². The number of amides is 5. The maximum Gasteiger partial charge on any atom is 0.273 e. The van der Waals surface area contributed by atoms with Gasteiger partial charge in [-0.1, -0.05) is 12.1 Å². The second kappa shape index (κ2) is 22.0. The number of pyridine rings is 3. The van der Waals surface area contributed by atoms with Crippen molar-refractivity contribution in [1.82, 2.24) is 49.8 Å². The first-order valence-corrected chi connectivity index (χ1v) is 25.0. The Kier molecular flexibility index (Phi) is 15.2. The fraction of sp³-hybridized carbons (Fsp3) is 0.453. The van der Waals surface area contributed by atoms with E-state index in [1.165, 1.54) is 24.5 Å². The molecule has 19 heteroatoms. The van der Waals surface area contributed by atoms with Crippen molar-refractivity contribution in [3.05, 3.63) is 107 Å². The molecule has 0 spiro atoms. The molecule has 0 aliphatic carbocycles.